The Morgan fingerprint density at radius 2 is 2.04 bits per heavy atom. The van der Waals surface area contributed by atoms with Crippen LogP contribution < -0.4 is 10.5 Å². The first kappa shape index (κ1) is 13.3. The van der Waals surface area contributed by atoms with Gasteiger partial charge >= 0.3 is 0 Å². The maximum absolute atomic E-state index is 5.91. The van der Waals surface area contributed by atoms with Gasteiger partial charge in [-0.05, 0) is 18.2 Å². The fourth-order valence-corrected chi connectivity index (χ4v) is 2.34. The molecule has 0 saturated carbocycles. The number of hydrogen-bond acceptors (Lipinski definition) is 5. The fourth-order valence-electron chi connectivity index (χ4n) is 2.34. The molecular formula is C16H14N6O. The predicted octanol–water partition coefficient (Wildman–Crippen LogP) is 2.50. The summed E-state index contributed by atoms with van der Waals surface area (Å²) in [4.78, 5) is 8.55. The Morgan fingerprint density at radius 3 is 2.78 bits per heavy atom. The van der Waals surface area contributed by atoms with E-state index < -0.39 is 0 Å². The Morgan fingerprint density at radius 1 is 1.13 bits per heavy atom. The van der Waals surface area contributed by atoms with Crippen LogP contribution in [-0.4, -0.2) is 24.1 Å². The first-order valence-corrected chi connectivity index (χ1v) is 7.04. The molecule has 0 bridgehead atoms. The van der Waals surface area contributed by atoms with Gasteiger partial charge in [0, 0.05) is 31.1 Å². The van der Waals surface area contributed by atoms with Crippen LogP contribution in [0.15, 0.2) is 55.4 Å². The summed E-state index contributed by atoms with van der Waals surface area (Å²) in [5.74, 6) is 1.13. The number of imidazole rings is 1. The molecule has 2 N–H and O–H groups in total. The van der Waals surface area contributed by atoms with Gasteiger partial charge in [-0.2, -0.15) is 5.10 Å². The highest BCUT2D eigenvalue weighted by atomic mass is 16.5. The number of nitrogens with two attached hydrogens (primary N) is 1. The number of ether oxygens (including phenoxy) is 1. The molecule has 0 unspecified atom stereocenters. The molecule has 0 aliphatic carbocycles. The molecule has 0 spiro atoms. The molecule has 114 valence electrons. The van der Waals surface area contributed by atoms with E-state index in [1.54, 1.807) is 35.4 Å². The second kappa shape index (κ2) is 5.13. The zero-order chi connectivity index (χ0) is 15.8. The smallest absolute Gasteiger partial charge is 0.219 e. The van der Waals surface area contributed by atoms with Crippen molar-refractivity contribution in [3.63, 3.8) is 0 Å². The minimum Gasteiger partial charge on any atom is -0.437 e. The fraction of sp³-hybridized carbons (Fsp3) is 0.0625. The molecule has 7 heteroatoms. The van der Waals surface area contributed by atoms with Crippen LogP contribution >= 0.6 is 0 Å². The third-order valence-electron chi connectivity index (χ3n) is 3.45. The van der Waals surface area contributed by atoms with E-state index in [0.29, 0.717) is 17.3 Å². The summed E-state index contributed by atoms with van der Waals surface area (Å²) < 4.78 is 9.57. The average Bonchev–Trinajstić information content (AvgIpc) is 3.18. The summed E-state index contributed by atoms with van der Waals surface area (Å²) in [7, 11) is 1.93. The van der Waals surface area contributed by atoms with Crippen molar-refractivity contribution in [3.8, 4) is 22.9 Å². The largest absolute Gasteiger partial charge is 0.437 e. The minimum atomic E-state index is 0.473. The van der Waals surface area contributed by atoms with Crippen LogP contribution in [0.2, 0.25) is 0 Å². The molecule has 4 heterocycles. The summed E-state index contributed by atoms with van der Waals surface area (Å²) in [5.41, 5.74) is 8.85. The molecule has 0 aromatic carbocycles. The van der Waals surface area contributed by atoms with Gasteiger partial charge in [-0.25, -0.2) is 14.5 Å². The van der Waals surface area contributed by atoms with Gasteiger partial charge < -0.3 is 15.0 Å². The quantitative estimate of drug-likeness (QED) is 0.629. The Labute approximate surface area is 132 Å². The number of aromatic nitrogens is 5. The van der Waals surface area contributed by atoms with E-state index in [1.807, 2.05) is 36.1 Å². The molecule has 0 aliphatic rings. The first-order valence-electron chi connectivity index (χ1n) is 7.04. The van der Waals surface area contributed by atoms with Crippen molar-refractivity contribution in [1.82, 2.24) is 24.1 Å². The number of rotatable bonds is 3. The van der Waals surface area contributed by atoms with E-state index in [4.69, 9.17) is 10.5 Å². The Balaban J connectivity index is 1.81. The van der Waals surface area contributed by atoms with Crippen LogP contribution in [0.4, 0.5) is 5.69 Å². The lowest BCUT2D eigenvalue weighted by molar-refractivity contribution is 0.466. The highest BCUT2D eigenvalue weighted by Gasteiger charge is 2.11. The van der Waals surface area contributed by atoms with Crippen LogP contribution in [0.5, 0.6) is 11.6 Å². The number of nitrogens with zero attached hydrogens (tertiary/aromatic N) is 5. The lowest BCUT2D eigenvalue weighted by atomic mass is 10.2. The van der Waals surface area contributed by atoms with Crippen molar-refractivity contribution in [2.45, 2.75) is 0 Å². The number of nitrogen functional groups attached to an aromatic ring is 1. The van der Waals surface area contributed by atoms with Crippen LogP contribution in [-0.2, 0) is 7.05 Å². The van der Waals surface area contributed by atoms with E-state index >= 15 is 0 Å². The van der Waals surface area contributed by atoms with E-state index in [-0.39, 0.29) is 0 Å². The lowest BCUT2D eigenvalue weighted by Crippen LogP contribution is -1.95. The molecule has 4 aromatic rings. The van der Waals surface area contributed by atoms with Crippen molar-refractivity contribution in [2.24, 2.45) is 7.05 Å². The molecule has 7 nitrogen and oxygen atoms in total. The van der Waals surface area contributed by atoms with Gasteiger partial charge in [0.2, 0.25) is 5.88 Å². The van der Waals surface area contributed by atoms with Crippen molar-refractivity contribution in [2.75, 3.05) is 5.73 Å². The van der Waals surface area contributed by atoms with Crippen LogP contribution in [0.25, 0.3) is 16.8 Å². The van der Waals surface area contributed by atoms with Crippen molar-refractivity contribution < 1.29 is 4.74 Å². The van der Waals surface area contributed by atoms with E-state index in [9.17, 15) is 0 Å². The predicted molar refractivity (Wildman–Crippen MR) is 86.1 cm³/mol. The maximum atomic E-state index is 5.91. The highest BCUT2D eigenvalue weighted by Crippen LogP contribution is 2.30. The molecule has 0 amide bonds. The SMILES string of the molecule is Cn1cnc(-c2cc(Oc3ccc(N)cn3)c3ccnn3c2)c1. The molecule has 0 radical (unpaired) electrons. The monoisotopic (exact) mass is 306 g/mol. The zero-order valence-electron chi connectivity index (χ0n) is 12.4. The third kappa shape index (κ3) is 2.48. The zero-order valence-corrected chi connectivity index (χ0v) is 12.4. The summed E-state index contributed by atoms with van der Waals surface area (Å²) in [6.07, 6.45) is 8.90. The number of hydrogen-bond donors (Lipinski definition) is 1. The van der Waals surface area contributed by atoms with Crippen molar-refractivity contribution >= 4 is 11.2 Å². The summed E-state index contributed by atoms with van der Waals surface area (Å²) >= 11 is 0. The molecule has 0 saturated heterocycles. The number of anilines is 1. The van der Waals surface area contributed by atoms with E-state index in [2.05, 4.69) is 15.1 Å². The molecule has 0 aliphatic heterocycles. The second-order valence-electron chi connectivity index (χ2n) is 5.21. The normalized spacial score (nSPS) is 11.0. The molecular weight excluding hydrogens is 292 g/mol. The summed E-state index contributed by atoms with van der Waals surface area (Å²) in [5, 5.41) is 4.29. The van der Waals surface area contributed by atoms with E-state index in [1.165, 1.54) is 0 Å². The third-order valence-corrected chi connectivity index (χ3v) is 3.45. The number of aryl methyl sites for hydroxylation is 1. The molecule has 0 atom stereocenters. The van der Waals surface area contributed by atoms with Crippen molar-refractivity contribution in [3.05, 3.63) is 55.4 Å². The number of pyridine rings is 2. The van der Waals surface area contributed by atoms with Gasteiger partial charge in [-0.3, -0.25) is 0 Å². The van der Waals surface area contributed by atoms with Crippen LogP contribution in [0.3, 0.4) is 0 Å². The van der Waals surface area contributed by atoms with Gasteiger partial charge in [0.15, 0.2) is 5.75 Å². The van der Waals surface area contributed by atoms with Crippen LogP contribution in [0.1, 0.15) is 0 Å². The lowest BCUT2D eigenvalue weighted by Gasteiger charge is -2.08. The number of fused-ring (bicyclic) bond motifs is 1. The van der Waals surface area contributed by atoms with Gasteiger partial charge in [-0.15, -0.1) is 0 Å². The summed E-state index contributed by atoms with van der Waals surface area (Å²) in [6, 6.07) is 7.29. The first-order chi connectivity index (χ1) is 11.2. The van der Waals surface area contributed by atoms with Gasteiger partial charge in [0.05, 0.1) is 30.1 Å². The Bertz CT molecular complexity index is 970. The standard InChI is InChI=1S/C16H14N6O/c1-21-9-13(19-10-21)11-6-15(14-4-5-20-22(14)8-11)23-16-3-2-12(17)7-18-16/h2-10H,17H2,1H3. The molecule has 23 heavy (non-hydrogen) atoms. The Hall–Kier alpha value is -3.35. The maximum Gasteiger partial charge on any atom is 0.219 e. The molecule has 0 fully saturated rings. The minimum absolute atomic E-state index is 0.473. The van der Waals surface area contributed by atoms with Gasteiger partial charge in [0.1, 0.15) is 5.52 Å². The second-order valence-corrected chi connectivity index (χ2v) is 5.21. The average molecular weight is 306 g/mol. The van der Waals surface area contributed by atoms with Gasteiger partial charge in [-0.1, -0.05) is 0 Å². The highest BCUT2D eigenvalue weighted by molar-refractivity contribution is 5.69. The molecule has 4 aromatic heterocycles. The summed E-state index contributed by atoms with van der Waals surface area (Å²) in [6.45, 7) is 0. The van der Waals surface area contributed by atoms with Gasteiger partial charge in [0.25, 0.3) is 0 Å². The Kier molecular flexibility index (Phi) is 2.97. The van der Waals surface area contributed by atoms with Crippen molar-refractivity contribution in [1.29, 1.82) is 0 Å². The topological polar surface area (TPSA) is 83.3 Å². The van der Waals surface area contributed by atoms with Crippen LogP contribution in [0, 0.1) is 0 Å². The van der Waals surface area contributed by atoms with E-state index in [0.717, 1.165) is 16.8 Å². The molecule has 4 rings (SSSR count).